The maximum absolute atomic E-state index is 10.8. The van der Waals surface area contributed by atoms with Gasteiger partial charge in [0, 0.05) is 0 Å². The van der Waals surface area contributed by atoms with E-state index in [2.05, 4.69) is 6.58 Å². The number of allylic oxidation sites excluding steroid dienone is 1. The normalized spacial score (nSPS) is 11.0. The Bertz CT molecular complexity index is 351. The number of unbranched alkanes of at least 4 members (excludes halogenated alkanes) is 15. The van der Waals surface area contributed by atoms with Crippen LogP contribution >= 0.6 is 0 Å². The van der Waals surface area contributed by atoms with E-state index in [4.69, 9.17) is 10.2 Å². The van der Waals surface area contributed by atoms with E-state index < -0.39 is 17.9 Å². The summed E-state index contributed by atoms with van der Waals surface area (Å²) in [5.41, 5.74) is 0. The fourth-order valence-electron chi connectivity index (χ4n) is 3.29. The number of carbonyl (C=O) groups is 2. The second-order valence-electron chi connectivity index (χ2n) is 7.40. The van der Waals surface area contributed by atoms with Crippen LogP contribution in [0.2, 0.25) is 0 Å². The molecule has 0 aliphatic heterocycles. The molecule has 0 saturated heterocycles. The van der Waals surface area contributed by atoms with Gasteiger partial charge in [-0.15, -0.1) is 6.58 Å². The van der Waals surface area contributed by atoms with Crippen LogP contribution in [0.4, 0.5) is 0 Å². The van der Waals surface area contributed by atoms with Crippen LogP contribution in [-0.2, 0) is 9.59 Å². The summed E-state index contributed by atoms with van der Waals surface area (Å²) in [4.78, 5) is 21.5. The predicted molar refractivity (Wildman–Crippen MR) is 107 cm³/mol. The molecular weight excluding hydrogens is 328 g/mol. The van der Waals surface area contributed by atoms with Gasteiger partial charge in [0.15, 0.2) is 5.92 Å². The number of rotatable bonds is 20. The van der Waals surface area contributed by atoms with E-state index in [0.717, 1.165) is 19.3 Å². The summed E-state index contributed by atoms with van der Waals surface area (Å²) in [6.07, 6.45) is 22.0. The molecule has 0 amide bonds. The third kappa shape index (κ3) is 16.2. The van der Waals surface area contributed by atoms with E-state index in [1.807, 2.05) is 6.08 Å². The van der Waals surface area contributed by atoms with Gasteiger partial charge in [-0.05, 0) is 19.3 Å². The predicted octanol–water partition coefficient (Wildman–Crippen LogP) is 6.59. The lowest BCUT2D eigenvalue weighted by molar-refractivity contribution is -0.154. The van der Waals surface area contributed by atoms with Crippen molar-refractivity contribution >= 4 is 11.9 Å². The van der Waals surface area contributed by atoms with Gasteiger partial charge in [0.25, 0.3) is 0 Å². The minimum atomic E-state index is -1.23. The first-order chi connectivity index (χ1) is 12.6. The zero-order chi connectivity index (χ0) is 19.5. The van der Waals surface area contributed by atoms with E-state index in [0.29, 0.717) is 6.42 Å². The van der Waals surface area contributed by atoms with Crippen molar-refractivity contribution in [3.63, 3.8) is 0 Å². The van der Waals surface area contributed by atoms with E-state index >= 15 is 0 Å². The summed E-state index contributed by atoms with van der Waals surface area (Å²) in [5.74, 6) is -3.67. The van der Waals surface area contributed by atoms with Gasteiger partial charge in [-0.3, -0.25) is 9.59 Å². The van der Waals surface area contributed by atoms with Crippen molar-refractivity contribution < 1.29 is 19.8 Å². The quantitative estimate of drug-likeness (QED) is 0.144. The molecule has 0 spiro atoms. The molecular formula is C22H40O4. The van der Waals surface area contributed by atoms with Gasteiger partial charge in [-0.25, -0.2) is 0 Å². The molecule has 0 aromatic heterocycles. The third-order valence-corrected chi connectivity index (χ3v) is 5.00. The number of hydrogen-bond donors (Lipinski definition) is 2. The van der Waals surface area contributed by atoms with Crippen molar-refractivity contribution in [2.45, 2.75) is 109 Å². The first kappa shape index (κ1) is 24.7. The van der Waals surface area contributed by atoms with Crippen LogP contribution in [0.1, 0.15) is 109 Å². The highest BCUT2D eigenvalue weighted by atomic mass is 16.4. The lowest BCUT2D eigenvalue weighted by Gasteiger charge is -2.07. The molecule has 0 atom stereocenters. The maximum Gasteiger partial charge on any atom is 0.317 e. The zero-order valence-corrected chi connectivity index (χ0v) is 16.6. The molecule has 0 bridgehead atoms. The molecule has 0 aliphatic rings. The molecule has 0 heterocycles. The molecule has 0 aromatic carbocycles. The summed E-state index contributed by atoms with van der Waals surface area (Å²) >= 11 is 0. The molecule has 0 saturated carbocycles. The summed E-state index contributed by atoms with van der Waals surface area (Å²) in [7, 11) is 0. The lowest BCUT2D eigenvalue weighted by Crippen LogP contribution is -2.23. The molecule has 0 rings (SSSR count). The molecule has 0 radical (unpaired) electrons. The second kappa shape index (κ2) is 18.5. The van der Waals surface area contributed by atoms with Gasteiger partial charge in [-0.2, -0.15) is 0 Å². The van der Waals surface area contributed by atoms with E-state index in [9.17, 15) is 9.59 Å². The van der Waals surface area contributed by atoms with Gasteiger partial charge in [0.1, 0.15) is 0 Å². The van der Waals surface area contributed by atoms with Gasteiger partial charge in [0.05, 0.1) is 0 Å². The van der Waals surface area contributed by atoms with Crippen molar-refractivity contribution in [2.24, 2.45) is 5.92 Å². The smallest absolute Gasteiger partial charge is 0.317 e. The highest BCUT2D eigenvalue weighted by Crippen LogP contribution is 2.15. The minimum absolute atomic E-state index is 0.249. The summed E-state index contributed by atoms with van der Waals surface area (Å²) < 4.78 is 0. The van der Waals surface area contributed by atoms with Crippen LogP contribution in [0.5, 0.6) is 0 Å². The fraction of sp³-hybridized carbons (Fsp3) is 0.818. The van der Waals surface area contributed by atoms with Crippen LogP contribution in [-0.4, -0.2) is 22.2 Å². The fourth-order valence-corrected chi connectivity index (χ4v) is 3.29. The Morgan fingerprint density at radius 2 is 0.923 bits per heavy atom. The molecule has 0 fully saturated rings. The number of aliphatic carboxylic acids is 2. The maximum atomic E-state index is 10.8. The van der Waals surface area contributed by atoms with Crippen molar-refractivity contribution in [1.82, 2.24) is 0 Å². The van der Waals surface area contributed by atoms with Crippen molar-refractivity contribution in [3.8, 4) is 0 Å². The van der Waals surface area contributed by atoms with E-state index in [1.54, 1.807) is 0 Å². The molecule has 0 aliphatic carbocycles. The van der Waals surface area contributed by atoms with Crippen LogP contribution < -0.4 is 0 Å². The van der Waals surface area contributed by atoms with E-state index in [1.165, 1.54) is 77.0 Å². The molecule has 4 heteroatoms. The third-order valence-electron chi connectivity index (χ3n) is 5.00. The Morgan fingerprint density at radius 1 is 0.615 bits per heavy atom. The van der Waals surface area contributed by atoms with Gasteiger partial charge in [-0.1, -0.05) is 96.0 Å². The largest absolute Gasteiger partial charge is 0.481 e. The van der Waals surface area contributed by atoms with Gasteiger partial charge < -0.3 is 10.2 Å². The first-order valence-electron chi connectivity index (χ1n) is 10.7. The van der Waals surface area contributed by atoms with Gasteiger partial charge in [0.2, 0.25) is 0 Å². The highest BCUT2D eigenvalue weighted by molar-refractivity contribution is 5.92. The Labute approximate surface area is 160 Å². The summed E-state index contributed by atoms with van der Waals surface area (Å²) in [5, 5.41) is 17.6. The molecule has 2 N–H and O–H groups in total. The summed E-state index contributed by atoms with van der Waals surface area (Å²) in [6, 6.07) is 0. The lowest BCUT2D eigenvalue weighted by atomic mass is 10.00. The standard InChI is InChI=1S/C22H40O4/c1-2-3-4-5-6-7-8-9-10-11-12-13-14-15-16-17-18-19-20(21(23)24)22(25)26/h2,20H,1,3-19H2,(H,23,24)(H,25,26). The van der Waals surface area contributed by atoms with E-state index in [-0.39, 0.29) is 6.42 Å². The SMILES string of the molecule is C=CCCCCCCCCCCCCCCCCCC(C(=O)O)C(=O)O. The highest BCUT2D eigenvalue weighted by Gasteiger charge is 2.24. The second-order valence-corrected chi connectivity index (χ2v) is 7.40. The number of carboxylic acid groups (broad SMARTS) is 2. The zero-order valence-electron chi connectivity index (χ0n) is 16.6. The molecule has 152 valence electrons. The Morgan fingerprint density at radius 3 is 1.23 bits per heavy atom. The Hall–Kier alpha value is -1.32. The van der Waals surface area contributed by atoms with Crippen LogP contribution in [0, 0.1) is 5.92 Å². The van der Waals surface area contributed by atoms with Gasteiger partial charge >= 0.3 is 11.9 Å². The number of hydrogen-bond acceptors (Lipinski definition) is 2. The monoisotopic (exact) mass is 368 g/mol. The average molecular weight is 369 g/mol. The van der Waals surface area contributed by atoms with Crippen molar-refractivity contribution in [3.05, 3.63) is 12.7 Å². The van der Waals surface area contributed by atoms with Crippen LogP contribution in [0.3, 0.4) is 0 Å². The minimum Gasteiger partial charge on any atom is -0.481 e. The van der Waals surface area contributed by atoms with Crippen molar-refractivity contribution in [2.75, 3.05) is 0 Å². The topological polar surface area (TPSA) is 74.6 Å². The average Bonchev–Trinajstić information content (AvgIpc) is 2.60. The number of carboxylic acids is 2. The first-order valence-corrected chi connectivity index (χ1v) is 10.7. The Kier molecular flexibility index (Phi) is 17.5. The molecule has 26 heavy (non-hydrogen) atoms. The summed E-state index contributed by atoms with van der Waals surface area (Å²) in [6.45, 7) is 3.75. The molecule has 4 nitrogen and oxygen atoms in total. The van der Waals surface area contributed by atoms with Crippen LogP contribution in [0.15, 0.2) is 12.7 Å². The Balaban J connectivity index is 3.21. The molecule has 0 aromatic rings. The van der Waals surface area contributed by atoms with Crippen LogP contribution in [0.25, 0.3) is 0 Å². The van der Waals surface area contributed by atoms with Crippen molar-refractivity contribution in [1.29, 1.82) is 0 Å². The molecule has 0 unspecified atom stereocenters.